The van der Waals surface area contributed by atoms with Gasteiger partial charge in [-0.15, -0.1) is 13.2 Å². The second-order valence-corrected chi connectivity index (χ2v) is 2.85. The first-order chi connectivity index (χ1) is 6.26. The van der Waals surface area contributed by atoms with Gasteiger partial charge in [-0.25, -0.2) is 0 Å². The highest BCUT2D eigenvalue weighted by molar-refractivity contribution is 5.15. The number of aromatic amines is 1. The van der Waals surface area contributed by atoms with Gasteiger partial charge in [-0.05, 0) is 0 Å². The number of hydrogen-bond donors (Lipinski definition) is 1. The van der Waals surface area contributed by atoms with Crippen LogP contribution in [0.1, 0.15) is 11.4 Å². The van der Waals surface area contributed by atoms with E-state index in [0.717, 1.165) is 11.4 Å². The molecule has 1 N–H and O–H groups in total. The molecule has 2 nitrogen and oxygen atoms in total. The van der Waals surface area contributed by atoms with Crippen molar-refractivity contribution in [2.45, 2.75) is 12.8 Å². The molecule has 1 heterocycles. The predicted molar refractivity (Wildman–Crippen MR) is 54.9 cm³/mol. The van der Waals surface area contributed by atoms with Crippen LogP contribution in [-0.4, -0.2) is 4.98 Å². The lowest BCUT2D eigenvalue weighted by molar-refractivity contribution is 1.02. The molecule has 0 saturated heterocycles. The number of nitrogens with one attached hydrogen (secondary N) is 1. The van der Waals surface area contributed by atoms with Crippen molar-refractivity contribution in [2.75, 3.05) is 0 Å². The van der Waals surface area contributed by atoms with E-state index in [-0.39, 0.29) is 5.43 Å². The molecule has 1 aromatic heterocycles. The molecule has 0 bridgehead atoms. The predicted octanol–water partition coefficient (Wildman–Crippen LogP) is 1.83. The molecule has 0 spiro atoms. The lowest BCUT2D eigenvalue weighted by atomic mass is 10.2. The molecule has 0 unspecified atom stereocenters. The zero-order chi connectivity index (χ0) is 9.68. The summed E-state index contributed by atoms with van der Waals surface area (Å²) in [5, 5.41) is 0. The fraction of sp³-hybridized carbons (Fsp3) is 0.182. The summed E-state index contributed by atoms with van der Waals surface area (Å²) in [5.41, 5.74) is 1.84. The molecule has 68 valence electrons. The minimum atomic E-state index is 0.0347. The van der Waals surface area contributed by atoms with Gasteiger partial charge in [-0.1, -0.05) is 12.2 Å². The second kappa shape index (κ2) is 4.45. The zero-order valence-electron chi connectivity index (χ0n) is 7.55. The number of hydrogen-bond acceptors (Lipinski definition) is 1. The van der Waals surface area contributed by atoms with Gasteiger partial charge >= 0.3 is 0 Å². The summed E-state index contributed by atoms with van der Waals surface area (Å²) in [6, 6.07) is 3.18. The Morgan fingerprint density at radius 3 is 2.00 bits per heavy atom. The zero-order valence-corrected chi connectivity index (χ0v) is 7.55. The molecule has 1 aromatic rings. The third-order valence-corrected chi connectivity index (χ3v) is 1.68. The number of H-pyrrole nitrogens is 1. The van der Waals surface area contributed by atoms with Gasteiger partial charge in [0.2, 0.25) is 0 Å². The Morgan fingerprint density at radius 2 is 1.62 bits per heavy atom. The van der Waals surface area contributed by atoms with E-state index in [1.165, 1.54) is 0 Å². The van der Waals surface area contributed by atoms with Gasteiger partial charge in [0.05, 0.1) is 0 Å². The molecule has 1 rings (SSSR count). The molecule has 0 fully saturated rings. The van der Waals surface area contributed by atoms with E-state index >= 15 is 0 Å². The molecule has 0 atom stereocenters. The van der Waals surface area contributed by atoms with E-state index in [9.17, 15) is 4.79 Å². The first-order valence-electron chi connectivity index (χ1n) is 4.20. The van der Waals surface area contributed by atoms with Crippen molar-refractivity contribution in [1.29, 1.82) is 0 Å². The van der Waals surface area contributed by atoms with Crippen LogP contribution < -0.4 is 5.43 Å². The third kappa shape index (κ3) is 2.75. The molecular formula is C11H13NO. The molecule has 0 aromatic carbocycles. The van der Waals surface area contributed by atoms with E-state index in [4.69, 9.17) is 0 Å². The monoisotopic (exact) mass is 175 g/mol. The summed E-state index contributed by atoms with van der Waals surface area (Å²) in [6.45, 7) is 7.24. The average molecular weight is 175 g/mol. The maximum absolute atomic E-state index is 11.2. The summed E-state index contributed by atoms with van der Waals surface area (Å²) in [4.78, 5) is 14.3. The van der Waals surface area contributed by atoms with E-state index in [1.807, 2.05) is 0 Å². The van der Waals surface area contributed by atoms with Gasteiger partial charge in [-0.3, -0.25) is 4.79 Å². The number of pyridine rings is 1. The highest BCUT2D eigenvalue weighted by Crippen LogP contribution is 1.98. The smallest absolute Gasteiger partial charge is 0.182 e. The van der Waals surface area contributed by atoms with Crippen LogP contribution in [0.2, 0.25) is 0 Å². The lowest BCUT2D eigenvalue weighted by Gasteiger charge is -2.01. The summed E-state index contributed by atoms with van der Waals surface area (Å²) < 4.78 is 0. The molecule has 0 aliphatic heterocycles. The van der Waals surface area contributed by atoms with Gasteiger partial charge in [0.25, 0.3) is 0 Å². The normalized spacial score (nSPS) is 9.54. The highest BCUT2D eigenvalue weighted by Gasteiger charge is 1.95. The van der Waals surface area contributed by atoms with Crippen molar-refractivity contribution < 1.29 is 0 Å². The van der Waals surface area contributed by atoms with Crippen LogP contribution in [0.15, 0.2) is 42.2 Å². The maximum Gasteiger partial charge on any atom is 0.182 e. The van der Waals surface area contributed by atoms with Gasteiger partial charge in [0, 0.05) is 36.4 Å². The highest BCUT2D eigenvalue weighted by atomic mass is 16.1. The second-order valence-electron chi connectivity index (χ2n) is 2.85. The van der Waals surface area contributed by atoms with Crippen LogP contribution in [0, 0.1) is 0 Å². The summed E-state index contributed by atoms with van der Waals surface area (Å²) in [5.74, 6) is 0. The van der Waals surface area contributed by atoms with Crippen molar-refractivity contribution in [2.24, 2.45) is 0 Å². The molecule has 0 radical (unpaired) electrons. The number of rotatable bonds is 4. The van der Waals surface area contributed by atoms with Crippen LogP contribution in [0.5, 0.6) is 0 Å². The maximum atomic E-state index is 11.2. The fourth-order valence-electron chi connectivity index (χ4n) is 1.19. The van der Waals surface area contributed by atoms with Crippen molar-refractivity contribution in [3.63, 3.8) is 0 Å². The van der Waals surface area contributed by atoms with Crippen LogP contribution in [0.3, 0.4) is 0 Å². The largest absolute Gasteiger partial charge is 0.362 e. The lowest BCUT2D eigenvalue weighted by Crippen LogP contribution is -2.05. The Kier molecular flexibility index (Phi) is 3.26. The number of allylic oxidation sites excluding steroid dienone is 2. The Hall–Kier alpha value is -1.57. The topological polar surface area (TPSA) is 32.9 Å². The minimum Gasteiger partial charge on any atom is -0.362 e. The van der Waals surface area contributed by atoms with Crippen molar-refractivity contribution in [1.82, 2.24) is 4.98 Å². The summed E-state index contributed by atoms with van der Waals surface area (Å²) in [7, 11) is 0. The summed E-state index contributed by atoms with van der Waals surface area (Å²) in [6.07, 6.45) is 4.92. The molecule has 0 aliphatic rings. The quantitative estimate of drug-likeness (QED) is 0.696. The van der Waals surface area contributed by atoms with Crippen LogP contribution in [0.25, 0.3) is 0 Å². The standard InChI is InChI=1S/C11H13NO/c1-3-5-9-7-11(13)8-10(12-9)6-4-2/h3-4,7-8H,1-2,5-6H2,(H,12,13). The van der Waals surface area contributed by atoms with Gasteiger partial charge in [-0.2, -0.15) is 0 Å². The van der Waals surface area contributed by atoms with Crippen LogP contribution in [0.4, 0.5) is 0 Å². The molecular weight excluding hydrogens is 162 g/mol. The molecule has 2 heteroatoms. The van der Waals surface area contributed by atoms with Crippen LogP contribution in [-0.2, 0) is 12.8 Å². The van der Waals surface area contributed by atoms with Gasteiger partial charge < -0.3 is 4.98 Å². The molecule has 0 saturated carbocycles. The number of aromatic nitrogens is 1. The minimum absolute atomic E-state index is 0.0347. The van der Waals surface area contributed by atoms with Crippen molar-refractivity contribution in [3.05, 3.63) is 59.1 Å². The van der Waals surface area contributed by atoms with E-state index in [2.05, 4.69) is 18.1 Å². The fourth-order valence-corrected chi connectivity index (χ4v) is 1.19. The Morgan fingerprint density at radius 1 is 1.15 bits per heavy atom. The first-order valence-corrected chi connectivity index (χ1v) is 4.20. The average Bonchev–Trinajstić information content (AvgIpc) is 2.04. The Balaban J connectivity index is 3.02. The van der Waals surface area contributed by atoms with Crippen LogP contribution >= 0.6 is 0 Å². The van der Waals surface area contributed by atoms with E-state index in [0.29, 0.717) is 12.8 Å². The van der Waals surface area contributed by atoms with E-state index in [1.54, 1.807) is 24.3 Å². The van der Waals surface area contributed by atoms with Gasteiger partial charge in [0.1, 0.15) is 0 Å². The molecule has 13 heavy (non-hydrogen) atoms. The van der Waals surface area contributed by atoms with Crippen molar-refractivity contribution >= 4 is 0 Å². The summed E-state index contributed by atoms with van der Waals surface area (Å²) >= 11 is 0. The van der Waals surface area contributed by atoms with E-state index < -0.39 is 0 Å². The Labute approximate surface area is 77.6 Å². The van der Waals surface area contributed by atoms with Gasteiger partial charge in [0.15, 0.2) is 5.43 Å². The van der Waals surface area contributed by atoms with Crippen molar-refractivity contribution in [3.8, 4) is 0 Å². The molecule has 0 aliphatic carbocycles. The first kappa shape index (κ1) is 9.52. The Bertz CT molecular complexity index is 331. The molecule has 0 amide bonds. The SMILES string of the molecule is C=CCc1cc(=O)cc(CC=C)[nH]1. The third-order valence-electron chi connectivity index (χ3n) is 1.68.